The van der Waals surface area contributed by atoms with E-state index >= 15 is 0 Å². The summed E-state index contributed by atoms with van der Waals surface area (Å²) in [6.45, 7) is 3.26. The van der Waals surface area contributed by atoms with Gasteiger partial charge in [0.15, 0.2) is 0 Å². The second-order valence-corrected chi connectivity index (χ2v) is 6.98. The maximum Gasteiger partial charge on any atom is 0.240 e. The fourth-order valence-electron chi connectivity index (χ4n) is 2.50. The number of anilines is 1. The Morgan fingerprint density at radius 2 is 1.95 bits per heavy atom. The Hall–Kier alpha value is -1.40. The molecule has 0 saturated carbocycles. The summed E-state index contributed by atoms with van der Waals surface area (Å²) in [5.41, 5.74) is 0.964. The first kappa shape index (κ1) is 15.0. The first-order chi connectivity index (χ1) is 9.44. The van der Waals surface area contributed by atoms with Crippen molar-refractivity contribution >= 4 is 21.5 Å². The molecule has 1 atom stereocenters. The van der Waals surface area contributed by atoms with Gasteiger partial charge in [-0.1, -0.05) is 0 Å². The Morgan fingerprint density at radius 3 is 2.50 bits per heavy atom. The lowest BCUT2D eigenvalue weighted by molar-refractivity contribution is -0.120. The van der Waals surface area contributed by atoms with Gasteiger partial charge in [0.05, 0.1) is 4.90 Å². The van der Waals surface area contributed by atoms with Gasteiger partial charge in [-0.05, 0) is 51.1 Å². The smallest absolute Gasteiger partial charge is 0.240 e. The van der Waals surface area contributed by atoms with Gasteiger partial charge in [-0.15, -0.1) is 0 Å². The van der Waals surface area contributed by atoms with E-state index in [9.17, 15) is 13.2 Å². The number of nitrogens with zero attached hydrogens (tertiary/aromatic N) is 1. The third-order valence-electron chi connectivity index (χ3n) is 3.78. The maximum absolute atomic E-state index is 11.7. The molecule has 1 aliphatic rings. The molecule has 1 aromatic rings. The van der Waals surface area contributed by atoms with Crippen LogP contribution in [-0.4, -0.2) is 34.3 Å². The van der Waals surface area contributed by atoms with Crippen LogP contribution in [0.5, 0.6) is 0 Å². The van der Waals surface area contributed by atoms with Crippen LogP contribution in [0.1, 0.15) is 19.8 Å². The second kappa shape index (κ2) is 5.93. The second-order valence-electron chi connectivity index (χ2n) is 5.10. The maximum atomic E-state index is 11.7. The number of hydrogen-bond acceptors (Lipinski definition) is 4. The van der Waals surface area contributed by atoms with Crippen molar-refractivity contribution in [2.75, 3.05) is 25.0 Å². The minimum atomic E-state index is -3.39. The van der Waals surface area contributed by atoms with Gasteiger partial charge in [0.2, 0.25) is 10.0 Å². The van der Waals surface area contributed by atoms with E-state index in [-0.39, 0.29) is 16.6 Å². The summed E-state index contributed by atoms with van der Waals surface area (Å²) in [6, 6.07) is 6.79. The fraction of sp³-hybridized carbons (Fsp3) is 0.500. The van der Waals surface area contributed by atoms with E-state index in [0.29, 0.717) is 6.54 Å². The number of nitrogens with one attached hydrogen (secondary N) is 1. The van der Waals surface area contributed by atoms with Gasteiger partial charge in [-0.3, -0.25) is 4.79 Å². The molecule has 0 radical (unpaired) electrons. The Bertz CT molecular complexity index is 581. The highest BCUT2D eigenvalue weighted by Gasteiger charge is 2.23. The van der Waals surface area contributed by atoms with E-state index in [4.69, 9.17) is 0 Å². The lowest BCUT2D eigenvalue weighted by Gasteiger charge is -2.33. The SMILES string of the molecule is CNS(=O)(=O)c1ccc(N2CCCC(C(C)=O)C2)cc1. The summed E-state index contributed by atoms with van der Waals surface area (Å²) in [4.78, 5) is 13.9. The van der Waals surface area contributed by atoms with Crippen molar-refractivity contribution in [1.29, 1.82) is 0 Å². The third kappa shape index (κ3) is 3.19. The normalized spacial score (nSPS) is 19.9. The lowest BCUT2D eigenvalue weighted by atomic mass is 9.94. The van der Waals surface area contributed by atoms with Gasteiger partial charge in [-0.25, -0.2) is 13.1 Å². The minimum Gasteiger partial charge on any atom is -0.371 e. The van der Waals surface area contributed by atoms with Crippen LogP contribution in [0, 0.1) is 5.92 Å². The number of ketones is 1. The molecule has 1 heterocycles. The van der Waals surface area contributed by atoms with Crippen LogP contribution in [0.4, 0.5) is 5.69 Å². The van der Waals surface area contributed by atoms with Crippen LogP contribution in [0.25, 0.3) is 0 Å². The van der Waals surface area contributed by atoms with Gasteiger partial charge in [-0.2, -0.15) is 0 Å². The molecule has 1 unspecified atom stereocenters. The van der Waals surface area contributed by atoms with E-state index < -0.39 is 10.0 Å². The van der Waals surface area contributed by atoms with Crippen molar-refractivity contribution in [1.82, 2.24) is 4.72 Å². The molecule has 6 heteroatoms. The zero-order valence-electron chi connectivity index (χ0n) is 11.8. The van der Waals surface area contributed by atoms with Gasteiger partial charge in [0, 0.05) is 24.7 Å². The topological polar surface area (TPSA) is 66.5 Å². The van der Waals surface area contributed by atoms with Crippen LogP contribution >= 0.6 is 0 Å². The molecular weight excluding hydrogens is 276 g/mol. The van der Waals surface area contributed by atoms with Crippen molar-refractivity contribution in [3.05, 3.63) is 24.3 Å². The highest BCUT2D eigenvalue weighted by atomic mass is 32.2. The zero-order chi connectivity index (χ0) is 14.8. The summed E-state index contributed by atoms with van der Waals surface area (Å²) >= 11 is 0. The quantitative estimate of drug-likeness (QED) is 0.912. The number of piperidine rings is 1. The van der Waals surface area contributed by atoms with E-state index in [1.54, 1.807) is 31.2 Å². The highest BCUT2D eigenvalue weighted by Crippen LogP contribution is 2.24. The number of sulfonamides is 1. The third-order valence-corrected chi connectivity index (χ3v) is 5.21. The fourth-order valence-corrected chi connectivity index (χ4v) is 3.23. The Morgan fingerprint density at radius 1 is 1.30 bits per heavy atom. The van der Waals surface area contributed by atoms with Gasteiger partial charge >= 0.3 is 0 Å². The van der Waals surface area contributed by atoms with Crippen molar-refractivity contribution in [2.45, 2.75) is 24.7 Å². The molecule has 1 fully saturated rings. The number of hydrogen-bond donors (Lipinski definition) is 1. The zero-order valence-corrected chi connectivity index (χ0v) is 12.6. The molecule has 1 saturated heterocycles. The molecule has 5 nitrogen and oxygen atoms in total. The summed E-state index contributed by atoms with van der Waals surface area (Å²) < 4.78 is 25.6. The molecule has 1 N–H and O–H groups in total. The molecule has 1 aliphatic heterocycles. The number of rotatable bonds is 4. The predicted octanol–water partition coefficient (Wildman–Crippen LogP) is 1.40. The van der Waals surface area contributed by atoms with Gasteiger partial charge < -0.3 is 4.90 Å². The summed E-state index contributed by atoms with van der Waals surface area (Å²) in [7, 11) is -2.00. The molecule has 110 valence electrons. The van der Waals surface area contributed by atoms with E-state index in [1.807, 2.05) is 0 Å². The first-order valence-corrected chi connectivity index (χ1v) is 8.21. The first-order valence-electron chi connectivity index (χ1n) is 6.73. The van der Waals surface area contributed by atoms with E-state index in [0.717, 1.165) is 25.1 Å². The molecule has 0 amide bonds. The molecule has 1 aromatic carbocycles. The average Bonchev–Trinajstić information content (AvgIpc) is 2.47. The summed E-state index contributed by atoms with van der Waals surface area (Å²) in [5.74, 6) is 0.313. The molecule has 2 rings (SSSR count). The summed E-state index contributed by atoms with van der Waals surface area (Å²) in [6.07, 6.45) is 1.93. The molecule has 20 heavy (non-hydrogen) atoms. The van der Waals surface area contributed by atoms with Crippen LogP contribution in [0.3, 0.4) is 0 Å². The Kier molecular flexibility index (Phi) is 4.45. The highest BCUT2D eigenvalue weighted by molar-refractivity contribution is 7.89. The number of benzene rings is 1. The largest absolute Gasteiger partial charge is 0.371 e. The van der Waals surface area contributed by atoms with Crippen molar-refractivity contribution in [3.8, 4) is 0 Å². The predicted molar refractivity (Wildman–Crippen MR) is 78.3 cm³/mol. The van der Waals surface area contributed by atoms with Crippen LogP contribution in [-0.2, 0) is 14.8 Å². The van der Waals surface area contributed by atoms with Crippen molar-refractivity contribution in [2.24, 2.45) is 5.92 Å². The van der Waals surface area contributed by atoms with Crippen LogP contribution < -0.4 is 9.62 Å². The number of Topliss-reactive ketones (excluding diaryl/α,β-unsaturated/α-hetero) is 1. The molecule has 0 spiro atoms. The van der Waals surface area contributed by atoms with Crippen LogP contribution in [0.15, 0.2) is 29.2 Å². The Balaban J connectivity index is 2.16. The molecular formula is C14H20N2O3S. The van der Waals surface area contributed by atoms with Crippen molar-refractivity contribution in [3.63, 3.8) is 0 Å². The van der Waals surface area contributed by atoms with Gasteiger partial charge in [0.25, 0.3) is 0 Å². The number of carbonyl (C=O) groups excluding carboxylic acids is 1. The van der Waals surface area contributed by atoms with E-state index in [2.05, 4.69) is 9.62 Å². The van der Waals surface area contributed by atoms with Gasteiger partial charge in [0.1, 0.15) is 5.78 Å². The molecule has 0 aliphatic carbocycles. The van der Waals surface area contributed by atoms with Crippen molar-refractivity contribution < 1.29 is 13.2 Å². The number of carbonyl (C=O) groups is 1. The van der Waals surface area contributed by atoms with E-state index in [1.165, 1.54) is 7.05 Å². The standard InChI is InChI=1S/C14H20N2O3S/c1-11(17)12-4-3-9-16(10-12)13-5-7-14(8-6-13)20(18,19)15-2/h5-8,12,15H,3-4,9-10H2,1-2H3. The monoisotopic (exact) mass is 296 g/mol. The van der Waals surface area contributed by atoms with Crippen LogP contribution in [0.2, 0.25) is 0 Å². The Labute approximate surface area is 120 Å². The lowest BCUT2D eigenvalue weighted by Crippen LogP contribution is -2.38. The average molecular weight is 296 g/mol. The minimum absolute atomic E-state index is 0.0875. The summed E-state index contributed by atoms with van der Waals surface area (Å²) in [5, 5.41) is 0. The molecule has 0 bridgehead atoms. The molecule has 0 aromatic heterocycles.